The van der Waals surface area contributed by atoms with Crippen molar-refractivity contribution in [2.75, 3.05) is 25.5 Å². The molecule has 0 aromatic heterocycles. The SMILES string of the molecule is CCN(CC)C(Cc1ccc(C(N)=O)c(OC)c1)NC(=O)Nc1ccc(Oc2ccc(C#N)c(Cl)c2)cc1. The van der Waals surface area contributed by atoms with Crippen molar-refractivity contribution >= 4 is 29.2 Å². The molecule has 0 aliphatic heterocycles. The molecule has 0 saturated heterocycles. The maximum Gasteiger partial charge on any atom is 0.320 e. The normalized spacial score (nSPS) is 11.4. The van der Waals surface area contributed by atoms with Crippen LogP contribution in [0.3, 0.4) is 0 Å². The lowest BCUT2D eigenvalue weighted by Crippen LogP contribution is -2.50. The summed E-state index contributed by atoms with van der Waals surface area (Å²) in [6.45, 7) is 5.49. The molecule has 0 bridgehead atoms. The lowest BCUT2D eigenvalue weighted by Gasteiger charge is -2.30. The van der Waals surface area contributed by atoms with Crippen LogP contribution < -0.4 is 25.8 Å². The van der Waals surface area contributed by atoms with Gasteiger partial charge in [0.2, 0.25) is 0 Å². The zero-order chi connectivity index (χ0) is 27.7. The number of nitrogens with one attached hydrogen (secondary N) is 2. The number of carbonyl (C=O) groups is 2. The third-order valence-corrected chi connectivity index (χ3v) is 6.23. The zero-order valence-corrected chi connectivity index (χ0v) is 22.2. The Morgan fingerprint density at radius 3 is 2.32 bits per heavy atom. The molecule has 9 nitrogen and oxygen atoms in total. The van der Waals surface area contributed by atoms with E-state index in [9.17, 15) is 9.59 Å². The molecule has 1 unspecified atom stereocenters. The molecule has 0 aliphatic carbocycles. The number of methoxy groups -OCH3 is 1. The van der Waals surface area contributed by atoms with Gasteiger partial charge in [-0.15, -0.1) is 0 Å². The summed E-state index contributed by atoms with van der Waals surface area (Å²) in [5, 5.41) is 15.2. The Hall–Kier alpha value is -4.26. The molecule has 0 fully saturated rings. The molecule has 3 rings (SSSR count). The van der Waals surface area contributed by atoms with Gasteiger partial charge in [-0.3, -0.25) is 9.69 Å². The molecule has 0 spiro atoms. The summed E-state index contributed by atoms with van der Waals surface area (Å²) in [6, 6.07) is 18.5. The number of nitriles is 1. The molecule has 3 aromatic carbocycles. The number of anilines is 1. The van der Waals surface area contributed by atoms with E-state index < -0.39 is 5.91 Å². The van der Waals surface area contributed by atoms with E-state index >= 15 is 0 Å². The molecule has 3 amide bonds. The van der Waals surface area contributed by atoms with E-state index in [1.54, 1.807) is 60.7 Å². The Labute approximate surface area is 227 Å². The standard InChI is InChI=1S/C28H30ClN5O4/c1-4-34(5-2)26(15-18-6-13-23(27(31)35)25(14-18)37-3)33-28(36)32-20-8-11-21(12-9-20)38-22-10-7-19(17-30)24(29)16-22/h6-14,16,26H,4-5,15H2,1-3H3,(H2,31,35)(H2,32,33,36). The number of primary amides is 1. The fraction of sp³-hybridized carbons (Fsp3) is 0.250. The highest BCUT2D eigenvalue weighted by Gasteiger charge is 2.20. The number of hydrogen-bond donors (Lipinski definition) is 3. The first-order valence-corrected chi connectivity index (χ1v) is 12.4. The number of ether oxygens (including phenoxy) is 2. The fourth-order valence-corrected chi connectivity index (χ4v) is 4.15. The minimum atomic E-state index is -0.566. The number of halogens is 1. The first-order chi connectivity index (χ1) is 18.3. The number of benzene rings is 3. The first kappa shape index (κ1) is 28.3. The van der Waals surface area contributed by atoms with Gasteiger partial charge in [0.1, 0.15) is 23.3 Å². The Balaban J connectivity index is 1.67. The van der Waals surface area contributed by atoms with Gasteiger partial charge < -0.3 is 25.8 Å². The van der Waals surface area contributed by atoms with Gasteiger partial charge in [-0.2, -0.15) is 5.26 Å². The van der Waals surface area contributed by atoms with Gasteiger partial charge in [-0.05, 0) is 67.2 Å². The van der Waals surface area contributed by atoms with Gasteiger partial charge in [0.05, 0.1) is 29.4 Å². The third-order valence-electron chi connectivity index (χ3n) is 5.92. The molecule has 0 saturated carbocycles. The van der Waals surface area contributed by atoms with E-state index in [0.29, 0.717) is 45.5 Å². The Bertz CT molecular complexity index is 1320. The summed E-state index contributed by atoms with van der Waals surface area (Å²) in [5.74, 6) is 0.868. The Morgan fingerprint density at radius 2 is 1.74 bits per heavy atom. The number of nitrogens with two attached hydrogens (primary N) is 1. The summed E-state index contributed by atoms with van der Waals surface area (Å²) >= 11 is 6.06. The van der Waals surface area contributed by atoms with E-state index in [1.807, 2.05) is 19.9 Å². The number of amides is 3. The molecule has 3 aromatic rings. The van der Waals surface area contributed by atoms with E-state index in [0.717, 1.165) is 18.7 Å². The summed E-state index contributed by atoms with van der Waals surface area (Å²) < 4.78 is 11.1. The predicted molar refractivity (Wildman–Crippen MR) is 147 cm³/mol. The molecule has 1 atom stereocenters. The Morgan fingerprint density at radius 1 is 1.05 bits per heavy atom. The molecule has 0 heterocycles. The average molecular weight is 536 g/mol. The van der Waals surface area contributed by atoms with Crippen LogP contribution in [0, 0.1) is 11.3 Å². The molecule has 198 valence electrons. The largest absolute Gasteiger partial charge is 0.496 e. The smallest absolute Gasteiger partial charge is 0.320 e. The topological polar surface area (TPSA) is 130 Å². The number of hydrogen-bond acceptors (Lipinski definition) is 6. The quantitative estimate of drug-likeness (QED) is 0.291. The van der Waals surface area contributed by atoms with Crippen molar-refractivity contribution in [2.45, 2.75) is 26.4 Å². The van der Waals surface area contributed by atoms with Crippen molar-refractivity contribution in [1.82, 2.24) is 10.2 Å². The highest BCUT2D eigenvalue weighted by molar-refractivity contribution is 6.31. The number of rotatable bonds is 11. The van der Waals surface area contributed by atoms with Crippen molar-refractivity contribution < 1.29 is 19.1 Å². The second kappa shape index (κ2) is 13.3. The summed E-state index contributed by atoms with van der Waals surface area (Å²) in [4.78, 5) is 26.6. The van der Waals surface area contributed by atoms with Crippen molar-refractivity contribution in [3.63, 3.8) is 0 Å². The van der Waals surface area contributed by atoms with E-state index in [-0.39, 0.29) is 12.2 Å². The van der Waals surface area contributed by atoms with E-state index in [4.69, 9.17) is 32.1 Å². The highest BCUT2D eigenvalue weighted by atomic mass is 35.5. The van der Waals surface area contributed by atoms with Gasteiger partial charge in [0.15, 0.2) is 0 Å². The minimum Gasteiger partial charge on any atom is -0.496 e. The van der Waals surface area contributed by atoms with Gasteiger partial charge in [0, 0.05) is 18.2 Å². The van der Waals surface area contributed by atoms with Crippen LogP contribution in [0.4, 0.5) is 10.5 Å². The molecular formula is C28H30ClN5O4. The lowest BCUT2D eigenvalue weighted by molar-refractivity contribution is 0.0997. The van der Waals surface area contributed by atoms with Crippen LogP contribution in [0.5, 0.6) is 17.2 Å². The second-order valence-electron chi connectivity index (χ2n) is 8.32. The predicted octanol–water partition coefficient (Wildman–Crippen LogP) is 5.14. The summed E-state index contributed by atoms with van der Waals surface area (Å²) in [7, 11) is 1.48. The number of urea groups is 1. The lowest BCUT2D eigenvalue weighted by atomic mass is 10.1. The van der Waals surface area contributed by atoms with E-state index in [1.165, 1.54) is 7.11 Å². The van der Waals surface area contributed by atoms with Crippen LogP contribution in [0.1, 0.15) is 35.3 Å². The van der Waals surface area contributed by atoms with Crippen molar-refractivity contribution in [1.29, 1.82) is 5.26 Å². The maximum absolute atomic E-state index is 12.9. The maximum atomic E-state index is 12.9. The molecule has 38 heavy (non-hydrogen) atoms. The van der Waals surface area contributed by atoms with Crippen LogP contribution in [0.25, 0.3) is 0 Å². The van der Waals surface area contributed by atoms with E-state index in [2.05, 4.69) is 15.5 Å². The number of likely N-dealkylation sites (N-methyl/N-ethyl adjacent to an activating group) is 1. The van der Waals surface area contributed by atoms with Crippen LogP contribution in [-0.2, 0) is 6.42 Å². The molecular weight excluding hydrogens is 506 g/mol. The van der Waals surface area contributed by atoms with Gasteiger partial charge >= 0.3 is 6.03 Å². The monoisotopic (exact) mass is 535 g/mol. The second-order valence-corrected chi connectivity index (χ2v) is 8.73. The number of nitrogens with zero attached hydrogens (tertiary/aromatic N) is 2. The molecule has 0 radical (unpaired) electrons. The van der Waals surface area contributed by atoms with Crippen molar-refractivity contribution in [3.8, 4) is 23.3 Å². The summed E-state index contributed by atoms with van der Waals surface area (Å²) in [6.07, 6.45) is 0.183. The van der Waals surface area contributed by atoms with Crippen molar-refractivity contribution in [3.05, 3.63) is 82.4 Å². The summed E-state index contributed by atoms with van der Waals surface area (Å²) in [5.41, 5.74) is 7.56. The highest BCUT2D eigenvalue weighted by Crippen LogP contribution is 2.27. The average Bonchev–Trinajstić information content (AvgIpc) is 2.90. The molecule has 0 aliphatic rings. The van der Waals surface area contributed by atoms with Crippen LogP contribution in [0.2, 0.25) is 5.02 Å². The molecule has 4 N–H and O–H groups in total. The van der Waals surface area contributed by atoms with Crippen molar-refractivity contribution in [2.24, 2.45) is 5.73 Å². The van der Waals surface area contributed by atoms with Crippen LogP contribution in [0.15, 0.2) is 60.7 Å². The van der Waals surface area contributed by atoms with Crippen LogP contribution in [-0.4, -0.2) is 43.2 Å². The fourth-order valence-electron chi connectivity index (χ4n) is 3.94. The molecule has 10 heteroatoms. The number of carbonyl (C=O) groups excluding carboxylic acids is 2. The van der Waals surface area contributed by atoms with Crippen LogP contribution >= 0.6 is 11.6 Å². The first-order valence-electron chi connectivity index (χ1n) is 12.0. The zero-order valence-electron chi connectivity index (χ0n) is 21.5. The van der Waals surface area contributed by atoms with Gasteiger partial charge in [-0.25, -0.2) is 4.79 Å². The van der Waals surface area contributed by atoms with Gasteiger partial charge in [0.25, 0.3) is 5.91 Å². The minimum absolute atomic E-state index is 0.302. The third kappa shape index (κ3) is 7.38. The Kier molecular flexibility index (Phi) is 9.93. The van der Waals surface area contributed by atoms with Gasteiger partial charge in [-0.1, -0.05) is 31.5 Å².